The molecule has 3 rings (SSSR count). The third-order valence-electron chi connectivity index (χ3n) is 4.78. The lowest BCUT2D eigenvalue weighted by Gasteiger charge is -2.28. The summed E-state index contributed by atoms with van der Waals surface area (Å²) in [5.41, 5.74) is 7.44. The number of carboxylic acids is 1. The van der Waals surface area contributed by atoms with Gasteiger partial charge in [-0.3, -0.25) is 9.69 Å². The Balaban J connectivity index is 1.94. The Morgan fingerprint density at radius 3 is 2.76 bits per heavy atom. The number of fused-ring (bicyclic) bond motifs is 1. The van der Waals surface area contributed by atoms with Gasteiger partial charge in [0.2, 0.25) is 5.91 Å². The van der Waals surface area contributed by atoms with Crippen molar-refractivity contribution in [3.63, 3.8) is 0 Å². The number of nitrogens with two attached hydrogens (primary N) is 1. The highest BCUT2D eigenvalue weighted by Gasteiger charge is 2.43. The molecule has 1 aliphatic heterocycles. The Hall–Kier alpha value is -1.88. The molecule has 0 aromatic heterocycles. The number of rotatable bonds is 3. The van der Waals surface area contributed by atoms with Crippen LogP contribution in [0.4, 0.5) is 5.69 Å². The maximum absolute atomic E-state index is 12.9. The monoisotopic (exact) mass is 288 g/mol. The molecule has 1 saturated carbocycles. The van der Waals surface area contributed by atoms with Crippen molar-refractivity contribution in [3.8, 4) is 0 Å². The lowest BCUT2D eigenvalue weighted by atomic mass is 9.94. The second kappa shape index (κ2) is 5.48. The molecule has 0 saturated heterocycles. The third kappa shape index (κ3) is 2.31. The van der Waals surface area contributed by atoms with Crippen LogP contribution in [0.3, 0.4) is 0 Å². The molecule has 0 spiro atoms. The molecular formula is C16H20N2O3. The zero-order chi connectivity index (χ0) is 15.0. The van der Waals surface area contributed by atoms with Gasteiger partial charge in [0.15, 0.2) is 0 Å². The van der Waals surface area contributed by atoms with Gasteiger partial charge >= 0.3 is 5.97 Å². The molecule has 112 valence electrons. The number of hydrogen-bond donors (Lipinski definition) is 2. The van der Waals surface area contributed by atoms with Gasteiger partial charge in [0.1, 0.15) is 6.04 Å². The van der Waals surface area contributed by atoms with Crippen LogP contribution >= 0.6 is 0 Å². The number of benzene rings is 1. The van der Waals surface area contributed by atoms with Crippen molar-refractivity contribution >= 4 is 17.6 Å². The van der Waals surface area contributed by atoms with E-state index in [-0.39, 0.29) is 17.7 Å². The number of para-hydroxylation sites is 1. The molecule has 0 bridgehead atoms. The molecule has 1 amide bonds. The van der Waals surface area contributed by atoms with Crippen LogP contribution in [0.2, 0.25) is 0 Å². The highest BCUT2D eigenvalue weighted by atomic mass is 16.4. The molecule has 1 aromatic carbocycles. The quantitative estimate of drug-likeness (QED) is 0.880. The highest BCUT2D eigenvalue weighted by Crippen LogP contribution is 2.38. The van der Waals surface area contributed by atoms with Gasteiger partial charge < -0.3 is 10.8 Å². The fraction of sp³-hybridized carbons (Fsp3) is 0.500. The van der Waals surface area contributed by atoms with Crippen molar-refractivity contribution in [2.75, 3.05) is 11.4 Å². The summed E-state index contributed by atoms with van der Waals surface area (Å²) in [7, 11) is 0. The van der Waals surface area contributed by atoms with Gasteiger partial charge in [0, 0.05) is 18.0 Å². The van der Waals surface area contributed by atoms with Crippen LogP contribution < -0.4 is 10.6 Å². The van der Waals surface area contributed by atoms with Crippen LogP contribution in [0.5, 0.6) is 0 Å². The van der Waals surface area contributed by atoms with Gasteiger partial charge in [0.05, 0.1) is 0 Å². The fourth-order valence-electron chi connectivity index (χ4n) is 3.68. The summed E-state index contributed by atoms with van der Waals surface area (Å²) < 4.78 is 0. The molecule has 5 nitrogen and oxygen atoms in total. The molecule has 1 aliphatic carbocycles. The second-order valence-electron chi connectivity index (χ2n) is 5.93. The molecule has 1 heterocycles. The van der Waals surface area contributed by atoms with Crippen LogP contribution in [0.15, 0.2) is 24.3 Å². The zero-order valence-corrected chi connectivity index (χ0v) is 11.9. The van der Waals surface area contributed by atoms with Crippen molar-refractivity contribution in [1.82, 2.24) is 0 Å². The minimum atomic E-state index is -0.943. The molecule has 3 atom stereocenters. The summed E-state index contributed by atoms with van der Waals surface area (Å²) >= 11 is 0. The van der Waals surface area contributed by atoms with Crippen LogP contribution in [0, 0.1) is 11.8 Å². The van der Waals surface area contributed by atoms with E-state index in [9.17, 15) is 14.7 Å². The summed E-state index contributed by atoms with van der Waals surface area (Å²) in [6.45, 7) is 0.490. The molecule has 0 radical (unpaired) electrons. The first-order valence-corrected chi connectivity index (χ1v) is 7.47. The standard InChI is InChI=1S/C16H20N2O3/c17-9-11-5-3-6-12(11)15(19)18-13-7-2-1-4-10(13)8-14(18)16(20)21/h1-2,4,7,11-12,14H,3,5-6,8-9,17H2,(H,20,21)/t11?,12?,14-/m0/s1. The summed E-state index contributed by atoms with van der Waals surface area (Å²) in [4.78, 5) is 25.9. The topological polar surface area (TPSA) is 83.6 Å². The average molecular weight is 288 g/mol. The first-order chi connectivity index (χ1) is 10.1. The Labute approximate surface area is 123 Å². The van der Waals surface area contributed by atoms with E-state index >= 15 is 0 Å². The van der Waals surface area contributed by atoms with Gasteiger partial charge in [0.25, 0.3) is 0 Å². The number of anilines is 1. The first-order valence-electron chi connectivity index (χ1n) is 7.47. The van der Waals surface area contributed by atoms with E-state index in [4.69, 9.17) is 5.73 Å². The van der Waals surface area contributed by atoms with Gasteiger partial charge in [-0.1, -0.05) is 24.6 Å². The van der Waals surface area contributed by atoms with Crippen molar-refractivity contribution < 1.29 is 14.7 Å². The fourth-order valence-corrected chi connectivity index (χ4v) is 3.68. The smallest absolute Gasteiger partial charge is 0.327 e. The number of hydrogen-bond acceptors (Lipinski definition) is 3. The number of carbonyl (C=O) groups excluding carboxylic acids is 1. The SMILES string of the molecule is NCC1CCCC1C(=O)N1c2ccccc2C[C@H]1C(=O)O. The number of carboxylic acid groups (broad SMARTS) is 1. The summed E-state index contributed by atoms with van der Waals surface area (Å²) in [5, 5.41) is 9.45. The van der Waals surface area contributed by atoms with E-state index in [1.54, 1.807) is 0 Å². The highest BCUT2D eigenvalue weighted by molar-refractivity contribution is 6.03. The number of aliphatic carboxylic acids is 1. The Morgan fingerprint density at radius 1 is 1.29 bits per heavy atom. The molecule has 2 unspecified atom stereocenters. The Bertz CT molecular complexity index is 572. The number of nitrogens with zero attached hydrogens (tertiary/aromatic N) is 1. The molecular weight excluding hydrogens is 268 g/mol. The van der Waals surface area contributed by atoms with Crippen LogP contribution in [-0.2, 0) is 16.0 Å². The van der Waals surface area contributed by atoms with E-state index in [1.165, 1.54) is 4.90 Å². The van der Waals surface area contributed by atoms with E-state index < -0.39 is 12.0 Å². The molecule has 5 heteroatoms. The Kier molecular flexibility index (Phi) is 3.68. The number of amides is 1. The normalized spacial score (nSPS) is 27.7. The predicted octanol–water partition coefficient (Wildman–Crippen LogP) is 1.40. The Morgan fingerprint density at radius 2 is 2.05 bits per heavy atom. The van der Waals surface area contributed by atoms with Crippen molar-refractivity contribution in [2.45, 2.75) is 31.7 Å². The second-order valence-corrected chi connectivity index (χ2v) is 5.93. The van der Waals surface area contributed by atoms with Crippen molar-refractivity contribution in [1.29, 1.82) is 0 Å². The number of carbonyl (C=O) groups is 2. The lowest BCUT2D eigenvalue weighted by Crippen LogP contribution is -2.47. The minimum Gasteiger partial charge on any atom is -0.480 e. The van der Waals surface area contributed by atoms with E-state index in [0.29, 0.717) is 13.0 Å². The third-order valence-corrected chi connectivity index (χ3v) is 4.78. The molecule has 1 aromatic rings. The predicted molar refractivity (Wildman–Crippen MR) is 78.9 cm³/mol. The van der Waals surface area contributed by atoms with Gasteiger partial charge in [-0.25, -0.2) is 4.79 Å². The minimum absolute atomic E-state index is 0.0692. The van der Waals surface area contributed by atoms with Crippen LogP contribution in [0.1, 0.15) is 24.8 Å². The maximum atomic E-state index is 12.9. The summed E-state index contributed by atoms with van der Waals surface area (Å²) in [6, 6.07) is 6.67. The van der Waals surface area contributed by atoms with E-state index in [1.807, 2.05) is 24.3 Å². The average Bonchev–Trinajstić information content (AvgIpc) is 3.10. The van der Waals surface area contributed by atoms with Gasteiger partial charge in [-0.2, -0.15) is 0 Å². The molecule has 3 N–H and O–H groups in total. The van der Waals surface area contributed by atoms with Crippen molar-refractivity contribution in [2.24, 2.45) is 17.6 Å². The zero-order valence-electron chi connectivity index (χ0n) is 11.9. The van der Waals surface area contributed by atoms with Crippen LogP contribution in [0.25, 0.3) is 0 Å². The van der Waals surface area contributed by atoms with Crippen LogP contribution in [-0.4, -0.2) is 29.6 Å². The first kappa shape index (κ1) is 14.1. The van der Waals surface area contributed by atoms with Gasteiger partial charge in [-0.05, 0) is 36.9 Å². The largest absolute Gasteiger partial charge is 0.480 e. The molecule has 1 fully saturated rings. The lowest BCUT2D eigenvalue weighted by molar-refractivity contribution is -0.140. The maximum Gasteiger partial charge on any atom is 0.327 e. The molecule has 21 heavy (non-hydrogen) atoms. The summed E-state index contributed by atoms with van der Waals surface area (Å²) in [5.74, 6) is -0.968. The van der Waals surface area contributed by atoms with E-state index in [0.717, 1.165) is 30.5 Å². The summed E-state index contributed by atoms with van der Waals surface area (Å²) in [6.07, 6.45) is 3.15. The van der Waals surface area contributed by atoms with Crippen molar-refractivity contribution in [3.05, 3.63) is 29.8 Å². The van der Waals surface area contributed by atoms with Gasteiger partial charge in [-0.15, -0.1) is 0 Å². The van der Waals surface area contributed by atoms with E-state index in [2.05, 4.69) is 0 Å². The molecule has 2 aliphatic rings.